The number of nitrogens with zero attached hydrogens (tertiary/aromatic N) is 1. The summed E-state index contributed by atoms with van der Waals surface area (Å²) in [4.78, 5) is 4.46. The van der Waals surface area contributed by atoms with Crippen LogP contribution in [0, 0.1) is 5.92 Å². The van der Waals surface area contributed by atoms with Crippen LogP contribution in [0.4, 0.5) is 5.82 Å². The summed E-state index contributed by atoms with van der Waals surface area (Å²) in [6, 6.07) is 8.35. The molecule has 0 saturated carbocycles. The summed E-state index contributed by atoms with van der Waals surface area (Å²) in [5, 5.41) is 9.27. The fourth-order valence-corrected chi connectivity index (χ4v) is 2.77. The second-order valence-electron chi connectivity index (χ2n) is 4.76. The molecule has 2 N–H and O–H groups in total. The van der Waals surface area contributed by atoms with Crippen LogP contribution in [-0.4, -0.2) is 24.6 Å². The first-order valence-electron chi connectivity index (χ1n) is 6.32. The molecule has 0 spiro atoms. The van der Waals surface area contributed by atoms with E-state index in [1.165, 1.54) is 17.2 Å². The number of pyridine rings is 1. The Morgan fingerprint density at radius 3 is 3.17 bits per heavy atom. The molecule has 1 aliphatic rings. The summed E-state index contributed by atoms with van der Waals surface area (Å²) in [6.45, 7) is 3.24. The van der Waals surface area contributed by atoms with Crippen molar-refractivity contribution in [2.45, 2.75) is 6.42 Å². The molecule has 0 bridgehead atoms. The van der Waals surface area contributed by atoms with Gasteiger partial charge in [0.1, 0.15) is 5.82 Å². The number of fused-ring (bicyclic) bond motifs is 1. The fraction of sp³-hybridized carbons (Fsp3) is 0.357. The molecule has 3 nitrogen and oxygen atoms in total. The molecule has 2 aromatic rings. The van der Waals surface area contributed by atoms with Crippen LogP contribution in [0.15, 0.2) is 34.9 Å². The summed E-state index contributed by atoms with van der Waals surface area (Å²) in [5.74, 6) is 1.70. The Bertz CT molecular complexity index is 550. The Kier molecular flexibility index (Phi) is 3.48. The third-order valence-corrected chi connectivity index (χ3v) is 3.94. The minimum atomic E-state index is 0.717. The number of rotatable bonds is 3. The van der Waals surface area contributed by atoms with Crippen LogP contribution in [0.3, 0.4) is 0 Å². The van der Waals surface area contributed by atoms with Crippen molar-refractivity contribution in [2.24, 2.45) is 5.92 Å². The summed E-state index contributed by atoms with van der Waals surface area (Å²) in [5.41, 5.74) is 0. The predicted molar refractivity (Wildman–Crippen MR) is 78.9 cm³/mol. The predicted octanol–water partition coefficient (Wildman–Crippen LogP) is 3.02. The Morgan fingerprint density at radius 1 is 1.39 bits per heavy atom. The van der Waals surface area contributed by atoms with Gasteiger partial charge in [0, 0.05) is 22.6 Å². The number of halogens is 1. The molecule has 0 aliphatic carbocycles. The third kappa shape index (κ3) is 2.49. The smallest absolute Gasteiger partial charge is 0.133 e. The van der Waals surface area contributed by atoms with Crippen LogP contribution in [0.1, 0.15) is 6.42 Å². The first-order valence-corrected chi connectivity index (χ1v) is 7.11. The zero-order valence-electron chi connectivity index (χ0n) is 10.1. The van der Waals surface area contributed by atoms with E-state index in [0.717, 1.165) is 29.9 Å². The molecule has 18 heavy (non-hydrogen) atoms. The molecule has 0 radical (unpaired) electrons. The molecular formula is C14H16BrN3. The van der Waals surface area contributed by atoms with E-state index < -0.39 is 0 Å². The second kappa shape index (κ2) is 5.24. The van der Waals surface area contributed by atoms with Crippen LogP contribution in [-0.2, 0) is 0 Å². The summed E-state index contributed by atoms with van der Waals surface area (Å²) in [7, 11) is 0. The molecule has 1 unspecified atom stereocenters. The number of aromatic nitrogens is 1. The summed E-state index contributed by atoms with van der Waals surface area (Å²) >= 11 is 3.52. The lowest BCUT2D eigenvalue weighted by Gasteiger charge is -2.12. The van der Waals surface area contributed by atoms with E-state index in [2.05, 4.69) is 49.7 Å². The van der Waals surface area contributed by atoms with Crippen molar-refractivity contribution in [1.82, 2.24) is 10.3 Å². The number of benzene rings is 1. The van der Waals surface area contributed by atoms with E-state index in [1.54, 1.807) is 0 Å². The van der Waals surface area contributed by atoms with Crippen molar-refractivity contribution in [1.29, 1.82) is 0 Å². The average molecular weight is 306 g/mol. The Morgan fingerprint density at radius 2 is 2.33 bits per heavy atom. The standard InChI is InChI=1S/C14H16BrN3/c15-12-2-1-11-4-6-17-14(13(11)7-12)18-9-10-3-5-16-8-10/h1-2,4,6-7,10,16H,3,5,8-9H2,(H,17,18). The van der Waals surface area contributed by atoms with Crippen LogP contribution >= 0.6 is 15.9 Å². The first kappa shape index (κ1) is 11.9. The van der Waals surface area contributed by atoms with Gasteiger partial charge >= 0.3 is 0 Å². The second-order valence-corrected chi connectivity index (χ2v) is 5.68. The van der Waals surface area contributed by atoms with Crippen LogP contribution in [0.5, 0.6) is 0 Å². The molecule has 0 amide bonds. The summed E-state index contributed by atoms with van der Waals surface area (Å²) < 4.78 is 1.09. The van der Waals surface area contributed by atoms with E-state index in [9.17, 15) is 0 Å². The molecule has 1 fully saturated rings. The average Bonchev–Trinajstić information content (AvgIpc) is 2.89. The first-order chi connectivity index (χ1) is 8.83. The highest BCUT2D eigenvalue weighted by Crippen LogP contribution is 2.25. The maximum Gasteiger partial charge on any atom is 0.133 e. The Balaban J connectivity index is 1.84. The number of hydrogen-bond donors (Lipinski definition) is 2. The van der Waals surface area contributed by atoms with Crippen molar-refractivity contribution in [3.05, 3.63) is 34.9 Å². The highest BCUT2D eigenvalue weighted by atomic mass is 79.9. The van der Waals surface area contributed by atoms with Gasteiger partial charge in [-0.05, 0) is 49.0 Å². The van der Waals surface area contributed by atoms with Gasteiger partial charge in [0.2, 0.25) is 0 Å². The van der Waals surface area contributed by atoms with Crippen molar-refractivity contribution < 1.29 is 0 Å². The lowest BCUT2D eigenvalue weighted by Crippen LogP contribution is -2.17. The highest BCUT2D eigenvalue weighted by Gasteiger charge is 2.14. The molecular weight excluding hydrogens is 290 g/mol. The molecule has 1 aromatic heterocycles. The molecule has 1 atom stereocenters. The van der Waals surface area contributed by atoms with Crippen LogP contribution < -0.4 is 10.6 Å². The van der Waals surface area contributed by atoms with Crippen LogP contribution in [0.2, 0.25) is 0 Å². The van der Waals surface area contributed by atoms with Crippen LogP contribution in [0.25, 0.3) is 10.8 Å². The maximum atomic E-state index is 4.46. The topological polar surface area (TPSA) is 37.0 Å². The van der Waals surface area contributed by atoms with E-state index in [1.807, 2.05) is 12.3 Å². The maximum absolute atomic E-state index is 4.46. The third-order valence-electron chi connectivity index (χ3n) is 3.45. The van der Waals surface area contributed by atoms with Gasteiger partial charge in [-0.2, -0.15) is 0 Å². The monoisotopic (exact) mass is 305 g/mol. The normalized spacial score (nSPS) is 19.3. The van der Waals surface area contributed by atoms with Gasteiger partial charge in [-0.15, -0.1) is 0 Å². The van der Waals surface area contributed by atoms with Crippen molar-refractivity contribution in [2.75, 3.05) is 25.0 Å². The van der Waals surface area contributed by atoms with Crippen molar-refractivity contribution in [3.8, 4) is 0 Å². The van der Waals surface area contributed by atoms with Gasteiger partial charge in [0.25, 0.3) is 0 Å². The highest BCUT2D eigenvalue weighted by molar-refractivity contribution is 9.10. The Labute approximate surface area is 115 Å². The fourth-order valence-electron chi connectivity index (χ4n) is 2.41. The quantitative estimate of drug-likeness (QED) is 0.915. The molecule has 3 rings (SSSR count). The summed E-state index contributed by atoms with van der Waals surface area (Å²) in [6.07, 6.45) is 3.12. The number of anilines is 1. The van der Waals surface area contributed by atoms with E-state index in [4.69, 9.17) is 0 Å². The number of nitrogens with one attached hydrogen (secondary N) is 2. The zero-order valence-corrected chi connectivity index (χ0v) is 11.7. The molecule has 1 aromatic carbocycles. The molecule has 4 heteroatoms. The van der Waals surface area contributed by atoms with E-state index in [-0.39, 0.29) is 0 Å². The minimum Gasteiger partial charge on any atom is -0.369 e. The largest absolute Gasteiger partial charge is 0.369 e. The lowest BCUT2D eigenvalue weighted by molar-refractivity contribution is 0.614. The molecule has 2 heterocycles. The minimum absolute atomic E-state index is 0.717. The zero-order chi connectivity index (χ0) is 12.4. The van der Waals surface area contributed by atoms with Gasteiger partial charge in [-0.3, -0.25) is 0 Å². The SMILES string of the molecule is Brc1ccc2ccnc(NCC3CCNC3)c2c1. The Hall–Kier alpha value is -1.13. The van der Waals surface area contributed by atoms with Gasteiger partial charge in [-0.1, -0.05) is 22.0 Å². The number of hydrogen-bond acceptors (Lipinski definition) is 3. The van der Waals surface area contributed by atoms with Gasteiger partial charge in [0.05, 0.1) is 0 Å². The van der Waals surface area contributed by atoms with Gasteiger partial charge in [0.15, 0.2) is 0 Å². The molecule has 1 saturated heterocycles. The lowest BCUT2D eigenvalue weighted by atomic mass is 10.1. The van der Waals surface area contributed by atoms with Gasteiger partial charge in [-0.25, -0.2) is 4.98 Å². The van der Waals surface area contributed by atoms with Crippen molar-refractivity contribution in [3.63, 3.8) is 0 Å². The van der Waals surface area contributed by atoms with Gasteiger partial charge < -0.3 is 10.6 Å². The molecule has 1 aliphatic heterocycles. The van der Waals surface area contributed by atoms with Crippen molar-refractivity contribution >= 4 is 32.5 Å². The van der Waals surface area contributed by atoms with E-state index in [0.29, 0.717) is 5.92 Å². The molecule has 94 valence electrons. The van der Waals surface area contributed by atoms with E-state index >= 15 is 0 Å².